The van der Waals surface area contributed by atoms with Crippen molar-refractivity contribution in [3.63, 3.8) is 0 Å². The molecule has 8 heteroatoms. The molecule has 7 nitrogen and oxygen atoms in total. The maximum atomic E-state index is 14.1. The summed E-state index contributed by atoms with van der Waals surface area (Å²) in [5.74, 6) is -1.57. The summed E-state index contributed by atoms with van der Waals surface area (Å²) >= 11 is 0. The number of carboxylic acid groups (broad SMARTS) is 1. The summed E-state index contributed by atoms with van der Waals surface area (Å²) in [6.45, 7) is 2.48. The number of ether oxygens (including phenoxy) is 1. The third-order valence-electron chi connectivity index (χ3n) is 5.63. The first kappa shape index (κ1) is 18.9. The number of aromatic amines is 1. The molecule has 1 aromatic heterocycles. The second kappa shape index (κ2) is 7.20. The Morgan fingerprint density at radius 1 is 1.28 bits per heavy atom. The average molecular weight is 397 g/mol. The summed E-state index contributed by atoms with van der Waals surface area (Å²) < 4.78 is 19.1. The zero-order chi connectivity index (χ0) is 20.7. The van der Waals surface area contributed by atoms with Crippen LogP contribution >= 0.6 is 0 Å². The van der Waals surface area contributed by atoms with Crippen molar-refractivity contribution in [1.82, 2.24) is 15.1 Å². The molecule has 150 valence electrons. The molecule has 1 amide bonds. The molecular weight excluding hydrogens is 377 g/mol. The summed E-state index contributed by atoms with van der Waals surface area (Å²) in [5, 5.41) is 16.1. The Hall–Kier alpha value is -3.42. The molecule has 0 saturated carbocycles. The lowest BCUT2D eigenvalue weighted by Crippen LogP contribution is -2.35. The van der Waals surface area contributed by atoms with Crippen molar-refractivity contribution in [2.24, 2.45) is 0 Å². The minimum Gasteiger partial charge on any atom is -0.494 e. The van der Waals surface area contributed by atoms with E-state index in [1.807, 2.05) is 13.0 Å². The van der Waals surface area contributed by atoms with Crippen molar-refractivity contribution in [3.8, 4) is 5.75 Å². The Labute approximate surface area is 166 Å². The van der Waals surface area contributed by atoms with Crippen LogP contribution in [0.4, 0.5) is 4.39 Å². The van der Waals surface area contributed by atoms with Crippen LogP contribution in [0.15, 0.2) is 36.4 Å². The van der Waals surface area contributed by atoms with Crippen LogP contribution in [0, 0.1) is 5.82 Å². The van der Waals surface area contributed by atoms with Gasteiger partial charge in [-0.05, 0) is 49.2 Å². The van der Waals surface area contributed by atoms with E-state index in [2.05, 4.69) is 10.2 Å². The molecule has 1 saturated heterocycles. The number of carbonyl (C=O) groups excluding carboxylic acids is 1. The normalized spacial score (nSPS) is 18.9. The smallest absolute Gasteiger partial charge is 0.357 e. The molecule has 0 spiro atoms. The van der Waals surface area contributed by atoms with Crippen molar-refractivity contribution in [3.05, 3.63) is 59.0 Å². The highest BCUT2D eigenvalue weighted by Gasteiger charge is 2.35. The average Bonchev–Trinajstić information content (AvgIpc) is 3.30. The Balaban J connectivity index is 1.60. The number of halogens is 1. The van der Waals surface area contributed by atoms with Gasteiger partial charge in [0.2, 0.25) is 0 Å². The predicted octanol–water partition coefficient (Wildman–Crippen LogP) is 3.43. The van der Waals surface area contributed by atoms with Crippen molar-refractivity contribution in [1.29, 1.82) is 0 Å². The third kappa shape index (κ3) is 3.20. The number of hydrogen-bond donors (Lipinski definition) is 2. The van der Waals surface area contributed by atoms with Crippen LogP contribution < -0.4 is 4.74 Å². The molecule has 0 radical (unpaired) electrons. The number of likely N-dealkylation sites (tertiary alicyclic amines) is 1. The number of methoxy groups -OCH3 is 1. The van der Waals surface area contributed by atoms with Gasteiger partial charge in [0, 0.05) is 29.5 Å². The lowest BCUT2D eigenvalue weighted by molar-refractivity contribution is 0.0690. The van der Waals surface area contributed by atoms with Gasteiger partial charge in [-0.3, -0.25) is 9.89 Å². The Bertz CT molecular complexity index is 1110. The fourth-order valence-corrected chi connectivity index (χ4v) is 4.06. The van der Waals surface area contributed by atoms with E-state index >= 15 is 0 Å². The Morgan fingerprint density at radius 2 is 2.07 bits per heavy atom. The maximum absolute atomic E-state index is 14.1. The third-order valence-corrected chi connectivity index (χ3v) is 5.63. The molecule has 0 aliphatic carbocycles. The Kier molecular flexibility index (Phi) is 4.70. The van der Waals surface area contributed by atoms with Gasteiger partial charge >= 0.3 is 5.97 Å². The van der Waals surface area contributed by atoms with Crippen LogP contribution in [0.2, 0.25) is 0 Å². The van der Waals surface area contributed by atoms with E-state index in [0.717, 1.165) is 5.56 Å². The van der Waals surface area contributed by atoms with Gasteiger partial charge in [0.25, 0.3) is 5.91 Å². The van der Waals surface area contributed by atoms with E-state index in [1.54, 1.807) is 29.2 Å². The molecular formula is C21H20FN3O4. The quantitative estimate of drug-likeness (QED) is 0.703. The number of amides is 1. The van der Waals surface area contributed by atoms with Crippen LogP contribution in [-0.2, 0) is 0 Å². The number of fused-ring (bicyclic) bond motifs is 1. The summed E-state index contributed by atoms with van der Waals surface area (Å²) in [6, 6.07) is 9.62. The van der Waals surface area contributed by atoms with Crippen molar-refractivity contribution >= 4 is 22.8 Å². The minimum absolute atomic E-state index is 0.00610. The van der Waals surface area contributed by atoms with E-state index in [4.69, 9.17) is 4.74 Å². The predicted molar refractivity (Wildman–Crippen MR) is 104 cm³/mol. The highest BCUT2D eigenvalue weighted by Crippen LogP contribution is 2.36. The van der Waals surface area contributed by atoms with E-state index in [-0.39, 0.29) is 29.3 Å². The Morgan fingerprint density at radius 3 is 2.76 bits per heavy atom. The standard InChI is InChI=1S/C21H20FN3O4/c1-11-14(12-4-6-18(29-2)16(22)10-12)7-8-25(11)20(26)13-3-5-17-15(9-13)19(21(27)28)24-23-17/h3-6,9-11,14H,7-8H2,1-2H3,(H,23,24)(H,27,28). The van der Waals surface area contributed by atoms with E-state index in [1.165, 1.54) is 13.2 Å². The number of hydrogen-bond acceptors (Lipinski definition) is 4. The summed E-state index contributed by atoms with van der Waals surface area (Å²) in [7, 11) is 1.42. The number of aromatic carboxylic acids is 1. The van der Waals surface area contributed by atoms with E-state index < -0.39 is 11.8 Å². The summed E-state index contributed by atoms with van der Waals surface area (Å²) in [4.78, 5) is 26.2. The number of H-pyrrole nitrogens is 1. The van der Waals surface area contributed by atoms with Crippen LogP contribution in [0.1, 0.15) is 45.7 Å². The lowest BCUT2D eigenvalue weighted by atomic mass is 9.92. The molecule has 0 bridgehead atoms. The second-order valence-corrected chi connectivity index (χ2v) is 7.17. The maximum Gasteiger partial charge on any atom is 0.357 e. The zero-order valence-corrected chi connectivity index (χ0v) is 16.0. The fraction of sp³-hybridized carbons (Fsp3) is 0.286. The van der Waals surface area contributed by atoms with Crippen LogP contribution in [0.5, 0.6) is 5.75 Å². The number of rotatable bonds is 4. The van der Waals surface area contributed by atoms with Gasteiger partial charge in [0.15, 0.2) is 17.3 Å². The molecule has 3 aromatic rings. The molecule has 2 aromatic carbocycles. The zero-order valence-electron chi connectivity index (χ0n) is 16.0. The molecule has 2 N–H and O–H groups in total. The first-order valence-electron chi connectivity index (χ1n) is 9.26. The number of carboxylic acids is 1. The van der Waals surface area contributed by atoms with Crippen molar-refractivity contribution in [2.75, 3.05) is 13.7 Å². The van der Waals surface area contributed by atoms with Crippen LogP contribution in [0.25, 0.3) is 10.9 Å². The summed E-state index contributed by atoms with van der Waals surface area (Å²) in [6.07, 6.45) is 0.715. The van der Waals surface area contributed by atoms with Crippen LogP contribution in [-0.4, -0.2) is 51.8 Å². The van der Waals surface area contributed by atoms with Crippen molar-refractivity contribution in [2.45, 2.75) is 25.3 Å². The van der Waals surface area contributed by atoms with Crippen LogP contribution in [0.3, 0.4) is 0 Å². The molecule has 1 aliphatic heterocycles. The SMILES string of the molecule is COc1ccc(C2CCN(C(=O)c3ccc4[nH]nc(C(=O)O)c4c3)C2C)cc1F. The molecule has 2 atom stereocenters. The molecule has 2 heterocycles. The van der Waals surface area contributed by atoms with E-state index in [0.29, 0.717) is 29.4 Å². The highest BCUT2D eigenvalue weighted by molar-refractivity contribution is 6.04. The topological polar surface area (TPSA) is 95.5 Å². The largest absolute Gasteiger partial charge is 0.494 e. The van der Waals surface area contributed by atoms with Crippen molar-refractivity contribution < 1.29 is 23.8 Å². The van der Waals surface area contributed by atoms with Gasteiger partial charge in [-0.15, -0.1) is 0 Å². The first-order valence-corrected chi connectivity index (χ1v) is 9.26. The van der Waals surface area contributed by atoms with Gasteiger partial charge in [-0.2, -0.15) is 5.10 Å². The summed E-state index contributed by atoms with van der Waals surface area (Å²) in [5.41, 5.74) is 1.66. The van der Waals surface area contributed by atoms with E-state index in [9.17, 15) is 19.1 Å². The number of carbonyl (C=O) groups is 2. The number of aromatic nitrogens is 2. The monoisotopic (exact) mass is 397 g/mol. The number of nitrogens with one attached hydrogen (secondary N) is 1. The molecule has 2 unspecified atom stereocenters. The molecule has 1 aliphatic rings. The van der Waals surface area contributed by atoms with Gasteiger partial charge in [0.1, 0.15) is 0 Å². The number of benzene rings is 2. The number of nitrogens with zero attached hydrogens (tertiary/aromatic N) is 2. The molecule has 29 heavy (non-hydrogen) atoms. The highest BCUT2D eigenvalue weighted by atomic mass is 19.1. The molecule has 4 rings (SSSR count). The van der Waals surface area contributed by atoms with Gasteiger partial charge in [0.05, 0.1) is 12.6 Å². The van der Waals surface area contributed by atoms with Gasteiger partial charge < -0.3 is 14.7 Å². The molecule has 1 fully saturated rings. The van der Waals surface area contributed by atoms with Gasteiger partial charge in [-0.25, -0.2) is 9.18 Å². The minimum atomic E-state index is -1.16. The lowest BCUT2D eigenvalue weighted by Gasteiger charge is -2.25. The second-order valence-electron chi connectivity index (χ2n) is 7.17. The van der Waals surface area contributed by atoms with Gasteiger partial charge in [-0.1, -0.05) is 6.07 Å². The fourth-order valence-electron chi connectivity index (χ4n) is 4.06. The first-order chi connectivity index (χ1) is 13.9.